The average Bonchev–Trinajstić information content (AvgIpc) is 2.45. The first kappa shape index (κ1) is 12.4. The summed E-state index contributed by atoms with van der Waals surface area (Å²) in [6, 6.07) is 0. The fraction of sp³-hybridized carbons (Fsp3) is 0.778. The normalized spacial score (nSPS) is 39.4. The van der Waals surface area contributed by atoms with Crippen molar-refractivity contribution >= 4 is 0 Å². The van der Waals surface area contributed by atoms with Crippen LogP contribution >= 0.6 is 0 Å². The number of hydrogen-bond acceptors (Lipinski definition) is 6. The van der Waals surface area contributed by atoms with E-state index < -0.39 is 30.7 Å². The van der Waals surface area contributed by atoms with Crippen molar-refractivity contribution in [1.29, 1.82) is 0 Å². The van der Waals surface area contributed by atoms with Gasteiger partial charge in [-0.25, -0.2) is 0 Å². The highest BCUT2D eigenvalue weighted by Crippen LogP contribution is 2.24. The summed E-state index contributed by atoms with van der Waals surface area (Å²) >= 11 is 0. The Bertz CT molecular complexity index is 241. The maximum absolute atomic E-state index is 9.53. The fourth-order valence-corrected chi connectivity index (χ4v) is 1.44. The van der Waals surface area contributed by atoms with Crippen LogP contribution in [0.25, 0.3) is 0 Å². The van der Waals surface area contributed by atoms with Gasteiger partial charge in [-0.2, -0.15) is 0 Å². The van der Waals surface area contributed by atoms with Crippen LogP contribution in [0.5, 0.6) is 0 Å². The standard InChI is InChI=1S/C9H16O6/c1-2-3-4(10)5(11)8-6(12)7(13)9(14)15-8/h3,5-14H,2H2,1H3/t5-,6-,7-,8-,9+/m1/s1. The highest BCUT2D eigenvalue weighted by Gasteiger charge is 2.46. The van der Waals surface area contributed by atoms with Gasteiger partial charge in [0.2, 0.25) is 0 Å². The van der Waals surface area contributed by atoms with Crippen LogP contribution in [-0.4, -0.2) is 56.2 Å². The second kappa shape index (κ2) is 4.91. The lowest BCUT2D eigenvalue weighted by atomic mass is 10.0. The minimum absolute atomic E-state index is 0.345. The van der Waals surface area contributed by atoms with Crippen LogP contribution in [0.1, 0.15) is 13.3 Å². The average molecular weight is 220 g/mol. The molecule has 6 heteroatoms. The summed E-state index contributed by atoms with van der Waals surface area (Å²) in [5.41, 5.74) is 0. The molecule has 1 heterocycles. The van der Waals surface area contributed by atoms with E-state index in [0.29, 0.717) is 6.42 Å². The Morgan fingerprint density at radius 2 is 1.93 bits per heavy atom. The number of allylic oxidation sites excluding steroid dienone is 1. The van der Waals surface area contributed by atoms with Crippen molar-refractivity contribution in [3.05, 3.63) is 11.8 Å². The van der Waals surface area contributed by atoms with Crippen LogP contribution < -0.4 is 0 Å². The molecule has 0 aromatic carbocycles. The lowest BCUT2D eigenvalue weighted by molar-refractivity contribution is -0.144. The van der Waals surface area contributed by atoms with Gasteiger partial charge in [0.25, 0.3) is 0 Å². The summed E-state index contributed by atoms with van der Waals surface area (Å²) in [4.78, 5) is 0. The molecule has 1 saturated heterocycles. The molecule has 0 aromatic rings. The molecule has 88 valence electrons. The third-order valence-electron chi connectivity index (χ3n) is 2.30. The van der Waals surface area contributed by atoms with Crippen LogP contribution in [0.4, 0.5) is 0 Å². The molecule has 0 amide bonds. The van der Waals surface area contributed by atoms with Gasteiger partial charge >= 0.3 is 0 Å². The fourth-order valence-electron chi connectivity index (χ4n) is 1.44. The summed E-state index contributed by atoms with van der Waals surface area (Å²) in [7, 11) is 0. The van der Waals surface area contributed by atoms with E-state index in [2.05, 4.69) is 0 Å². The van der Waals surface area contributed by atoms with Crippen molar-refractivity contribution < 1.29 is 30.3 Å². The van der Waals surface area contributed by atoms with E-state index in [0.717, 1.165) is 0 Å². The SMILES string of the molecule is CCC=C(O)[C@@H](O)[C@H]1O[C@H](O)[C@H](O)[C@H]1O. The van der Waals surface area contributed by atoms with Crippen molar-refractivity contribution in [2.45, 2.75) is 44.1 Å². The Morgan fingerprint density at radius 1 is 1.33 bits per heavy atom. The second-order valence-corrected chi connectivity index (χ2v) is 3.45. The van der Waals surface area contributed by atoms with E-state index in [9.17, 15) is 15.3 Å². The molecule has 0 unspecified atom stereocenters. The molecule has 1 aliphatic rings. The van der Waals surface area contributed by atoms with Crippen LogP contribution in [0, 0.1) is 0 Å². The third-order valence-corrected chi connectivity index (χ3v) is 2.30. The molecule has 0 aliphatic carbocycles. The largest absolute Gasteiger partial charge is 0.510 e. The van der Waals surface area contributed by atoms with E-state index in [4.69, 9.17) is 14.9 Å². The molecule has 0 saturated carbocycles. The Labute approximate surface area is 87.0 Å². The molecule has 1 rings (SSSR count). The molecule has 0 bridgehead atoms. The van der Waals surface area contributed by atoms with Crippen LogP contribution in [0.15, 0.2) is 11.8 Å². The van der Waals surface area contributed by atoms with Gasteiger partial charge in [0.15, 0.2) is 6.29 Å². The molecular formula is C9H16O6. The van der Waals surface area contributed by atoms with Crippen LogP contribution in [-0.2, 0) is 4.74 Å². The first-order valence-corrected chi connectivity index (χ1v) is 4.75. The molecule has 1 fully saturated rings. The molecule has 0 aromatic heterocycles. The molecule has 5 N–H and O–H groups in total. The highest BCUT2D eigenvalue weighted by atomic mass is 16.6. The lowest BCUT2D eigenvalue weighted by Crippen LogP contribution is -2.39. The third kappa shape index (κ3) is 2.47. The van der Waals surface area contributed by atoms with Crippen LogP contribution in [0.2, 0.25) is 0 Å². The van der Waals surface area contributed by atoms with E-state index >= 15 is 0 Å². The maximum atomic E-state index is 9.53. The Hall–Kier alpha value is -0.660. The molecule has 5 atom stereocenters. The summed E-state index contributed by atoms with van der Waals surface area (Å²) in [6.07, 6.45) is -5.26. The summed E-state index contributed by atoms with van der Waals surface area (Å²) in [5.74, 6) is -0.345. The molecule has 1 aliphatic heterocycles. The number of aliphatic hydroxyl groups is 5. The summed E-state index contributed by atoms with van der Waals surface area (Å²) in [6.45, 7) is 1.76. The zero-order valence-electron chi connectivity index (χ0n) is 8.32. The van der Waals surface area contributed by atoms with E-state index in [1.807, 2.05) is 0 Å². The summed E-state index contributed by atoms with van der Waals surface area (Å²) in [5, 5.41) is 46.5. The number of aliphatic hydroxyl groups excluding tert-OH is 5. The molecule has 15 heavy (non-hydrogen) atoms. The minimum Gasteiger partial charge on any atom is -0.510 e. The number of hydrogen-bond donors (Lipinski definition) is 5. The predicted octanol–water partition coefficient (Wildman–Crippen LogP) is -1.36. The Balaban J connectivity index is 2.69. The quantitative estimate of drug-likeness (QED) is 0.376. The van der Waals surface area contributed by atoms with Gasteiger partial charge in [0, 0.05) is 0 Å². The Morgan fingerprint density at radius 3 is 2.33 bits per heavy atom. The van der Waals surface area contributed by atoms with E-state index in [1.54, 1.807) is 6.92 Å². The van der Waals surface area contributed by atoms with Crippen molar-refractivity contribution in [2.75, 3.05) is 0 Å². The van der Waals surface area contributed by atoms with E-state index in [-0.39, 0.29) is 5.76 Å². The molecule has 6 nitrogen and oxygen atoms in total. The predicted molar refractivity (Wildman–Crippen MR) is 49.9 cm³/mol. The topological polar surface area (TPSA) is 110 Å². The molecular weight excluding hydrogens is 204 g/mol. The van der Waals surface area contributed by atoms with Gasteiger partial charge < -0.3 is 30.3 Å². The van der Waals surface area contributed by atoms with Gasteiger partial charge in [-0.05, 0) is 12.5 Å². The lowest BCUT2D eigenvalue weighted by Gasteiger charge is -2.20. The van der Waals surface area contributed by atoms with Crippen molar-refractivity contribution in [3.8, 4) is 0 Å². The smallest absolute Gasteiger partial charge is 0.184 e. The number of ether oxygens (including phenoxy) is 1. The Kier molecular flexibility index (Phi) is 4.06. The van der Waals surface area contributed by atoms with Gasteiger partial charge in [-0.15, -0.1) is 0 Å². The first-order chi connectivity index (χ1) is 6.99. The molecule has 0 spiro atoms. The minimum atomic E-state index is -1.55. The van der Waals surface area contributed by atoms with Gasteiger partial charge in [0.05, 0.1) is 0 Å². The van der Waals surface area contributed by atoms with Gasteiger partial charge in [-0.3, -0.25) is 0 Å². The van der Waals surface area contributed by atoms with Crippen molar-refractivity contribution in [2.24, 2.45) is 0 Å². The van der Waals surface area contributed by atoms with Crippen molar-refractivity contribution in [3.63, 3.8) is 0 Å². The second-order valence-electron chi connectivity index (χ2n) is 3.45. The maximum Gasteiger partial charge on any atom is 0.184 e. The van der Waals surface area contributed by atoms with Gasteiger partial charge in [-0.1, -0.05) is 6.92 Å². The van der Waals surface area contributed by atoms with Gasteiger partial charge in [0.1, 0.15) is 30.2 Å². The first-order valence-electron chi connectivity index (χ1n) is 4.75. The molecule has 0 radical (unpaired) electrons. The monoisotopic (exact) mass is 220 g/mol. The zero-order chi connectivity index (χ0) is 11.6. The summed E-state index contributed by atoms with van der Waals surface area (Å²) < 4.78 is 4.72. The van der Waals surface area contributed by atoms with E-state index in [1.165, 1.54) is 6.08 Å². The van der Waals surface area contributed by atoms with Crippen molar-refractivity contribution in [1.82, 2.24) is 0 Å². The highest BCUT2D eigenvalue weighted by molar-refractivity contribution is 5.05. The number of rotatable bonds is 3. The van der Waals surface area contributed by atoms with Crippen LogP contribution in [0.3, 0.4) is 0 Å². The zero-order valence-corrected chi connectivity index (χ0v) is 8.32.